The Morgan fingerprint density at radius 3 is 1.58 bits per heavy atom. The minimum atomic E-state index is 0.705. The van der Waals surface area contributed by atoms with Gasteiger partial charge in [0.1, 0.15) is 0 Å². The molecule has 0 atom stereocenters. The zero-order chi connectivity index (χ0) is 34.4. The van der Waals surface area contributed by atoms with E-state index < -0.39 is 0 Å². The largest absolute Gasteiger partial charge is 0.228 e. The van der Waals surface area contributed by atoms with E-state index in [9.17, 15) is 0 Å². The molecule has 0 fully saturated rings. The molecule has 9 aromatic carbocycles. The first-order chi connectivity index (χ1) is 25.7. The lowest BCUT2D eigenvalue weighted by molar-refractivity contribution is 1.18. The van der Waals surface area contributed by atoms with Crippen LogP contribution >= 0.6 is 0 Å². The van der Waals surface area contributed by atoms with E-state index in [2.05, 4.69) is 188 Å². The number of nitrogens with zero attached hydrogens (tertiary/aromatic N) is 2. The van der Waals surface area contributed by atoms with Crippen LogP contribution in [0.4, 0.5) is 0 Å². The first kappa shape index (κ1) is 30.0. The van der Waals surface area contributed by atoms with Gasteiger partial charge in [0, 0.05) is 16.7 Å². The summed E-state index contributed by atoms with van der Waals surface area (Å²) in [5.41, 5.74) is 9.67. The lowest BCUT2D eigenvalue weighted by Gasteiger charge is -2.15. The van der Waals surface area contributed by atoms with Gasteiger partial charge in [-0.3, -0.25) is 0 Å². The van der Waals surface area contributed by atoms with Gasteiger partial charge in [0.05, 0.1) is 11.4 Å². The molecule has 0 radical (unpaired) electrons. The molecule has 0 amide bonds. The number of hydrogen-bond donors (Lipinski definition) is 0. The summed E-state index contributed by atoms with van der Waals surface area (Å²) in [5, 5.41) is 9.94. The zero-order valence-corrected chi connectivity index (χ0v) is 28.4. The summed E-state index contributed by atoms with van der Waals surface area (Å²) in [4.78, 5) is 10.3. The van der Waals surface area contributed by atoms with Crippen LogP contribution in [0.2, 0.25) is 0 Å². The molecule has 1 aromatic heterocycles. The van der Waals surface area contributed by atoms with Crippen molar-refractivity contribution in [3.05, 3.63) is 194 Å². The highest BCUT2D eigenvalue weighted by molar-refractivity contribution is 6.20. The Labute approximate surface area is 302 Å². The topological polar surface area (TPSA) is 25.8 Å². The van der Waals surface area contributed by atoms with E-state index in [0.29, 0.717) is 5.82 Å². The first-order valence-corrected chi connectivity index (χ1v) is 17.7. The molecule has 0 spiro atoms. The Kier molecular flexibility index (Phi) is 7.18. The van der Waals surface area contributed by atoms with Crippen LogP contribution in [-0.4, -0.2) is 9.97 Å². The number of benzene rings is 9. The maximum Gasteiger partial charge on any atom is 0.160 e. The highest BCUT2D eigenvalue weighted by Gasteiger charge is 2.15. The van der Waals surface area contributed by atoms with Gasteiger partial charge in [0.25, 0.3) is 0 Å². The molecule has 10 aromatic rings. The van der Waals surface area contributed by atoms with Crippen LogP contribution in [0.15, 0.2) is 194 Å². The monoisotopic (exact) mass is 660 g/mol. The van der Waals surface area contributed by atoms with E-state index in [1.165, 1.54) is 65.3 Å². The van der Waals surface area contributed by atoms with Crippen LogP contribution in [0.25, 0.3) is 99.2 Å². The third kappa shape index (κ3) is 5.30. The van der Waals surface area contributed by atoms with Crippen molar-refractivity contribution in [1.82, 2.24) is 9.97 Å². The minimum absolute atomic E-state index is 0.705. The van der Waals surface area contributed by atoms with Crippen LogP contribution in [0.3, 0.4) is 0 Å². The molecule has 242 valence electrons. The van der Waals surface area contributed by atoms with Gasteiger partial charge in [-0.2, -0.15) is 0 Å². The number of hydrogen-bond acceptors (Lipinski definition) is 2. The fraction of sp³-hybridized carbons (Fsp3) is 0. The third-order valence-corrected chi connectivity index (χ3v) is 10.3. The Bertz CT molecular complexity index is 2930. The molecule has 0 aliphatic rings. The number of aromatic nitrogens is 2. The highest BCUT2D eigenvalue weighted by Crippen LogP contribution is 2.40. The molecule has 10 rings (SSSR count). The molecule has 0 bridgehead atoms. The quantitative estimate of drug-likeness (QED) is 0.136. The van der Waals surface area contributed by atoms with E-state index >= 15 is 0 Å². The number of fused-ring (bicyclic) bond motifs is 5. The van der Waals surface area contributed by atoms with Gasteiger partial charge >= 0.3 is 0 Å². The average molecular weight is 661 g/mol. The summed E-state index contributed by atoms with van der Waals surface area (Å²) in [6.45, 7) is 0. The molecule has 0 unspecified atom stereocenters. The Morgan fingerprint density at radius 1 is 0.250 bits per heavy atom. The molecule has 1 heterocycles. The fourth-order valence-electron chi connectivity index (χ4n) is 7.60. The highest BCUT2D eigenvalue weighted by atomic mass is 14.9. The average Bonchev–Trinajstić information content (AvgIpc) is 3.23. The van der Waals surface area contributed by atoms with Gasteiger partial charge in [0.2, 0.25) is 0 Å². The van der Waals surface area contributed by atoms with Crippen molar-refractivity contribution < 1.29 is 0 Å². The second-order valence-corrected chi connectivity index (χ2v) is 13.4. The Hall–Kier alpha value is -6.90. The SMILES string of the molecule is c1ccc(-c2ccc(-c3nc(-c4ccc(-c5c6ccccc6cc6c5ccc5ccccc56)cc4)cc(-c4ccc5ccccc5c4)n3)cc2)cc1. The van der Waals surface area contributed by atoms with E-state index in [1.807, 2.05) is 6.07 Å². The Balaban J connectivity index is 1.11. The van der Waals surface area contributed by atoms with Crippen molar-refractivity contribution in [2.24, 2.45) is 0 Å². The molecular formula is C50H32N2. The summed E-state index contributed by atoms with van der Waals surface area (Å²) < 4.78 is 0. The molecule has 0 saturated heterocycles. The van der Waals surface area contributed by atoms with Crippen LogP contribution in [0.1, 0.15) is 0 Å². The van der Waals surface area contributed by atoms with Gasteiger partial charge in [0.15, 0.2) is 5.82 Å². The molecule has 0 saturated carbocycles. The summed E-state index contributed by atoms with van der Waals surface area (Å²) in [6, 6.07) is 69.3. The molecule has 52 heavy (non-hydrogen) atoms. The lowest BCUT2D eigenvalue weighted by atomic mass is 9.89. The standard InChI is InChI=1S/C50H32N2/c1-2-10-33(11-3-1)35-18-25-39(26-19-35)50-51-47(32-48(52-50)42-27-20-34-12-4-5-14-40(34)30-42)37-21-23-38(24-22-37)49-44-17-9-7-15-41(44)31-46-43-16-8-6-13-36(43)28-29-45(46)49/h1-32H. The maximum atomic E-state index is 5.19. The normalized spacial score (nSPS) is 11.5. The summed E-state index contributed by atoms with van der Waals surface area (Å²) in [7, 11) is 0. The lowest BCUT2D eigenvalue weighted by Crippen LogP contribution is -1.96. The molecule has 0 aliphatic heterocycles. The third-order valence-electron chi connectivity index (χ3n) is 10.3. The van der Waals surface area contributed by atoms with Crippen molar-refractivity contribution in [3.8, 4) is 56.2 Å². The van der Waals surface area contributed by atoms with Crippen molar-refractivity contribution in [1.29, 1.82) is 0 Å². The van der Waals surface area contributed by atoms with E-state index in [0.717, 1.165) is 28.1 Å². The van der Waals surface area contributed by atoms with Crippen LogP contribution in [0.5, 0.6) is 0 Å². The van der Waals surface area contributed by atoms with E-state index in [4.69, 9.17) is 9.97 Å². The molecule has 2 heteroatoms. The predicted octanol–water partition coefficient (Wildman–Crippen LogP) is 13.4. The molecule has 0 aliphatic carbocycles. The second-order valence-electron chi connectivity index (χ2n) is 13.4. The van der Waals surface area contributed by atoms with Crippen LogP contribution in [0, 0.1) is 0 Å². The van der Waals surface area contributed by atoms with Gasteiger partial charge in [-0.25, -0.2) is 9.97 Å². The smallest absolute Gasteiger partial charge is 0.160 e. The minimum Gasteiger partial charge on any atom is -0.228 e. The number of rotatable bonds is 5. The van der Waals surface area contributed by atoms with Crippen molar-refractivity contribution >= 4 is 43.1 Å². The summed E-state index contributed by atoms with van der Waals surface area (Å²) >= 11 is 0. The van der Waals surface area contributed by atoms with Crippen LogP contribution in [-0.2, 0) is 0 Å². The molecule has 2 nitrogen and oxygen atoms in total. The first-order valence-electron chi connectivity index (χ1n) is 17.7. The van der Waals surface area contributed by atoms with Crippen molar-refractivity contribution in [2.45, 2.75) is 0 Å². The van der Waals surface area contributed by atoms with Gasteiger partial charge in [-0.15, -0.1) is 0 Å². The molecule has 0 N–H and O–H groups in total. The Morgan fingerprint density at radius 2 is 0.788 bits per heavy atom. The maximum absolute atomic E-state index is 5.19. The van der Waals surface area contributed by atoms with Gasteiger partial charge in [-0.1, -0.05) is 176 Å². The fourth-order valence-corrected chi connectivity index (χ4v) is 7.60. The van der Waals surface area contributed by atoms with Crippen molar-refractivity contribution in [3.63, 3.8) is 0 Å². The zero-order valence-electron chi connectivity index (χ0n) is 28.4. The molecular weight excluding hydrogens is 629 g/mol. The second kappa shape index (κ2) is 12.5. The summed E-state index contributed by atoms with van der Waals surface area (Å²) in [5.74, 6) is 0.705. The summed E-state index contributed by atoms with van der Waals surface area (Å²) in [6.07, 6.45) is 0. The van der Waals surface area contributed by atoms with E-state index in [1.54, 1.807) is 0 Å². The van der Waals surface area contributed by atoms with Crippen molar-refractivity contribution in [2.75, 3.05) is 0 Å². The van der Waals surface area contributed by atoms with Gasteiger partial charge < -0.3 is 0 Å². The van der Waals surface area contributed by atoms with Gasteiger partial charge in [-0.05, 0) is 83.5 Å². The predicted molar refractivity (Wildman–Crippen MR) is 219 cm³/mol. The van der Waals surface area contributed by atoms with E-state index in [-0.39, 0.29) is 0 Å². The van der Waals surface area contributed by atoms with Crippen LogP contribution < -0.4 is 0 Å².